The fraction of sp³-hybridized carbons (Fsp3) is 0.333. The topological polar surface area (TPSA) is 122 Å². The van der Waals surface area contributed by atoms with Crippen LogP contribution in [0.2, 0.25) is 0 Å². The molecule has 0 amide bonds. The molecule has 0 heterocycles. The minimum atomic E-state index is -3.94. The van der Waals surface area contributed by atoms with Crippen LogP contribution in [-0.2, 0) is 10.0 Å². The minimum absolute atomic E-state index is 0.0111. The van der Waals surface area contributed by atoms with Crippen molar-refractivity contribution >= 4 is 27.1 Å². The van der Waals surface area contributed by atoms with Crippen molar-refractivity contribution in [2.75, 3.05) is 10.0 Å². The quantitative estimate of drug-likeness (QED) is 0.514. The number of nitro groups is 1. The summed E-state index contributed by atoms with van der Waals surface area (Å²) in [7, 11) is -3.94. The van der Waals surface area contributed by atoms with Crippen LogP contribution in [0.1, 0.15) is 25.7 Å². The molecule has 0 unspecified atom stereocenters. The largest absolute Gasteiger partial charge is 0.393 e. The molecular formula is C18H21N3O5S. The van der Waals surface area contributed by atoms with Crippen molar-refractivity contribution in [3.05, 3.63) is 58.6 Å². The molecule has 0 aliphatic heterocycles. The normalized spacial score (nSPS) is 20.0. The number of nitrogens with one attached hydrogen (secondary N) is 2. The van der Waals surface area contributed by atoms with Gasteiger partial charge in [-0.25, -0.2) is 8.42 Å². The lowest BCUT2D eigenvalue weighted by molar-refractivity contribution is -0.384. The van der Waals surface area contributed by atoms with E-state index in [1.807, 2.05) is 0 Å². The maximum absolute atomic E-state index is 12.5. The first-order valence-corrected chi connectivity index (χ1v) is 10.1. The Balaban J connectivity index is 1.83. The van der Waals surface area contributed by atoms with Crippen LogP contribution in [0.5, 0.6) is 0 Å². The Hall–Kier alpha value is -2.65. The number of hydrogen-bond acceptors (Lipinski definition) is 6. The zero-order valence-electron chi connectivity index (χ0n) is 14.5. The van der Waals surface area contributed by atoms with Crippen LogP contribution in [0.25, 0.3) is 0 Å². The van der Waals surface area contributed by atoms with Crippen LogP contribution in [-0.4, -0.2) is 30.6 Å². The standard InChI is InChI=1S/C18H21N3O5S/c22-15-8-6-13(7-9-15)19-17-11-10-16(12-18(17)21(23)24)27(25,26)20-14-4-2-1-3-5-14/h1-5,10-13,15,19-20,22H,6-9H2. The molecule has 3 rings (SSSR count). The molecule has 3 N–H and O–H groups in total. The summed E-state index contributed by atoms with van der Waals surface area (Å²) >= 11 is 0. The molecule has 1 aliphatic rings. The molecule has 1 fully saturated rings. The summed E-state index contributed by atoms with van der Waals surface area (Å²) in [6, 6.07) is 12.2. The molecule has 0 radical (unpaired) electrons. The Morgan fingerprint density at radius 3 is 2.33 bits per heavy atom. The lowest BCUT2D eigenvalue weighted by Crippen LogP contribution is -2.28. The molecule has 1 aliphatic carbocycles. The van der Waals surface area contributed by atoms with E-state index >= 15 is 0 Å². The highest BCUT2D eigenvalue weighted by Gasteiger charge is 2.25. The van der Waals surface area contributed by atoms with E-state index in [0.29, 0.717) is 31.4 Å². The number of aliphatic hydroxyl groups excluding tert-OH is 1. The van der Waals surface area contributed by atoms with E-state index in [-0.39, 0.29) is 28.4 Å². The molecule has 1 saturated carbocycles. The van der Waals surface area contributed by atoms with Crippen LogP contribution >= 0.6 is 0 Å². The SMILES string of the molecule is O=[N+]([O-])c1cc(S(=O)(=O)Nc2ccccc2)ccc1NC1CCC(O)CC1. The summed E-state index contributed by atoms with van der Waals surface area (Å²) in [5, 5.41) is 24.1. The summed E-state index contributed by atoms with van der Waals surface area (Å²) in [5.41, 5.74) is 0.361. The maximum atomic E-state index is 12.5. The van der Waals surface area contributed by atoms with Gasteiger partial charge in [-0.3, -0.25) is 14.8 Å². The van der Waals surface area contributed by atoms with Gasteiger partial charge < -0.3 is 10.4 Å². The number of rotatable bonds is 6. The van der Waals surface area contributed by atoms with Gasteiger partial charge in [-0.15, -0.1) is 0 Å². The van der Waals surface area contributed by atoms with Gasteiger partial charge >= 0.3 is 0 Å². The molecule has 0 atom stereocenters. The molecule has 0 bridgehead atoms. The molecule has 2 aromatic rings. The minimum Gasteiger partial charge on any atom is -0.393 e. The Kier molecular flexibility index (Phi) is 5.62. The average Bonchev–Trinajstić information content (AvgIpc) is 2.64. The number of anilines is 2. The van der Waals surface area contributed by atoms with Crippen molar-refractivity contribution in [1.29, 1.82) is 0 Å². The number of hydrogen-bond donors (Lipinski definition) is 3. The van der Waals surface area contributed by atoms with E-state index in [4.69, 9.17) is 0 Å². The first-order chi connectivity index (χ1) is 12.8. The molecule has 144 valence electrons. The molecule has 8 nitrogen and oxygen atoms in total. The monoisotopic (exact) mass is 391 g/mol. The Morgan fingerprint density at radius 1 is 1.04 bits per heavy atom. The summed E-state index contributed by atoms with van der Waals surface area (Å²) in [5.74, 6) is 0. The van der Waals surface area contributed by atoms with Crippen molar-refractivity contribution in [2.24, 2.45) is 0 Å². The van der Waals surface area contributed by atoms with Crippen molar-refractivity contribution in [3.63, 3.8) is 0 Å². The zero-order valence-corrected chi connectivity index (χ0v) is 15.4. The van der Waals surface area contributed by atoms with Gasteiger partial charge in [-0.1, -0.05) is 18.2 Å². The molecule has 27 heavy (non-hydrogen) atoms. The second-order valence-electron chi connectivity index (χ2n) is 6.56. The van der Waals surface area contributed by atoms with E-state index in [1.54, 1.807) is 30.3 Å². The summed E-state index contributed by atoms with van der Waals surface area (Å²) < 4.78 is 27.5. The first-order valence-electron chi connectivity index (χ1n) is 8.66. The number of aliphatic hydroxyl groups is 1. The van der Waals surface area contributed by atoms with Crippen LogP contribution in [0, 0.1) is 10.1 Å². The average molecular weight is 391 g/mol. The number of nitro benzene ring substituents is 1. The lowest BCUT2D eigenvalue weighted by atomic mass is 9.93. The Labute approximate surface area is 157 Å². The van der Waals surface area contributed by atoms with E-state index in [9.17, 15) is 23.6 Å². The number of sulfonamides is 1. The molecule has 0 spiro atoms. The fourth-order valence-corrected chi connectivity index (χ4v) is 4.19. The molecule has 9 heteroatoms. The van der Waals surface area contributed by atoms with Gasteiger partial charge in [0.2, 0.25) is 0 Å². The van der Waals surface area contributed by atoms with Gasteiger partial charge in [-0.2, -0.15) is 0 Å². The van der Waals surface area contributed by atoms with Crippen LogP contribution < -0.4 is 10.0 Å². The Bertz CT molecular complexity index is 910. The van der Waals surface area contributed by atoms with Crippen LogP contribution in [0.15, 0.2) is 53.4 Å². The van der Waals surface area contributed by atoms with E-state index in [1.165, 1.54) is 12.1 Å². The third-order valence-corrected chi connectivity index (χ3v) is 5.94. The molecule has 0 aromatic heterocycles. The van der Waals surface area contributed by atoms with Gasteiger partial charge in [0, 0.05) is 17.8 Å². The molecular weight excluding hydrogens is 370 g/mol. The molecule has 2 aromatic carbocycles. The highest BCUT2D eigenvalue weighted by molar-refractivity contribution is 7.92. The predicted octanol–water partition coefficient (Wildman–Crippen LogP) is 3.11. The van der Waals surface area contributed by atoms with Gasteiger partial charge in [0.25, 0.3) is 15.7 Å². The molecule has 0 saturated heterocycles. The lowest BCUT2D eigenvalue weighted by Gasteiger charge is -2.26. The van der Waals surface area contributed by atoms with Gasteiger partial charge in [0.1, 0.15) is 5.69 Å². The van der Waals surface area contributed by atoms with Crippen LogP contribution in [0.4, 0.5) is 17.1 Å². The first kappa shape index (κ1) is 19.1. The predicted molar refractivity (Wildman–Crippen MR) is 102 cm³/mol. The summed E-state index contributed by atoms with van der Waals surface area (Å²) in [4.78, 5) is 10.7. The second-order valence-corrected chi connectivity index (χ2v) is 8.24. The number of para-hydroxylation sites is 1. The zero-order chi connectivity index (χ0) is 19.4. The van der Waals surface area contributed by atoms with Crippen molar-refractivity contribution < 1.29 is 18.4 Å². The van der Waals surface area contributed by atoms with E-state index < -0.39 is 14.9 Å². The van der Waals surface area contributed by atoms with Gasteiger partial charge in [0.15, 0.2) is 0 Å². The van der Waals surface area contributed by atoms with Crippen molar-refractivity contribution in [3.8, 4) is 0 Å². The third-order valence-electron chi connectivity index (χ3n) is 4.56. The van der Waals surface area contributed by atoms with Crippen LogP contribution in [0.3, 0.4) is 0 Å². The Morgan fingerprint density at radius 2 is 1.70 bits per heavy atom. The smallest absolute Gasteiger partial charge is 0.293 e. The summed E-state index contributed by atoms with van der Waals surface area (Å²) in [6.07, 6.45) is 2.36. The number of nitrogens with zero attached hydrogens (tertiary/aromatic N) is 1. The van der Waals surface area contributed by atoms with Crippen molar-refractivity contribution in [2.45, 2.75) is 42.7 Å². The highest BCUT2D eigenvalue weighted by Crippen LogP contribution is 2.31. The maximum Gasteiger partial charge on any atom is 0.293 e. The summed E-state index contributed by atoms with van der Waals surface area (Å²) in [6.45, 7) is 0. The fourth-order valence-electron chi connectivity index (χ4n) is 3.11. The number of benzene rings is 2. The second kappa shape index (κ2) is 7.93. The van der Waals surface area contributed by atoms with Gasteiger partial charge in [0.05, 0.1) is 15.9 Å². The van der Waals surface area contributed by atoms with E-state index in [2.05, 4.69) is 10.0 Å². The highest BCUT2D eigenvalue weighted by atomic mass is 32.2. The van der Waals surface area contributed by atoms with E-state index in [0.717, 1.165) is 6.07 Å². The van der Waals surface area contributed by atoms with Crippen molar-refractivity contribution in [1.82, 2.24) is 0 Å². The third kappa shape index (κ3) is 4.75. The van der Waals surface area contributed by atoms with Gasteiger partial charge in [-0.05, 0) is 49.9 Å².